The maximum atomic E-state index is 14.5. The van der Waals surface area contributed by atoms with Crippen LogP contribution in [0.15, 0.2) is 58.7 Å². The molecule has 0 heterocycles. The van der Waals surface area contributed by atoms with Gasteiger partial charge in [-0.2, -0.15) is 0 Å². The van der Waals surface area contributed by atoms with E-state index in [1.807, 2.05) is 27.7 Å². The highest BCUT2D eigenvalue weighted by atomic mass is 16.2. The molecule has 204 valence electrons. The maximum absolute atomic E-state index is 14.5. The van der Waals surface area contributed by atoms with Gasteiger partial charge in [-0.1, -0.05) is 82.2 Å². The fraction of sp³-hybridized carbons (Fsp3) is 0.472. The van der Waals surface area contributed by atoms with Gasteiger partial charge in [-0.3, -0.25) is 14.4 Å². The highest BCUT2D eigenvalue weighted by Gasteiger charge is 2.63. The van der Waals surface area contributed by atoms with Crippen molar-refractivity contribution < 1.29 is 14.4 Å². The number of aryl methyl sites for hydroxylation is 1. The minimum Gasteiger partial charge on any atom is -0.294 e. The highest BCUT2D eigenvalue weighted by molar-refractivity contribution is 6.24. The fourth-order valence-electron chi connectivity index (χ4n) is 8.34. The van der Waals surface area contributed by atoms with Crippen molar-refractivity contribution in [3.8, 4) is 11.1 Å². The molecule has 0 saturated carbocycles. The molecule has 0 amide bonds. The first-order valence-electron chi connectivity index (χ1n) is 14.2. The molecule has 2 aromatic carbocycles. The topological polar surface area (TPSA) is 51.2 Å². The summed E-state index contributed by atoms with van der Waals surface area (Å²) in [5, 5.41) is 0. The normalized spacial score (nSPS) is 28.8. The van der Waals surface area contributed by atoms with Crippen molar-refractivity contribution in [3.05, 3.63) is 80.9 Å². The average molecular weight is 523 g/mol. The van der Waals surface area contributed by atoms with Crippen LogP contribution in [-0.2, 0) is 21.4 Å². The summed E-state index contributed by atoms with van der Waals surface area (Å²) in [7, 11) is 0. The van der Waals surface area contributed by atoms with Gasteiger partial charge in [0.15, 0.2) is 17.3 Å². The van der Waals surface area contributed by atoms with Crippen molar-refractivity contribution in [2.24, 2.45) is 16.2 Å². The third-order valence-corrected chi connectivity index (χ3v) is 10.4. The van der Waals surface area contributed by atoms with E-state index in [4.69, 9.17) is 0 Å². The quantitative estimate of drug-likeness (QED) is 0.373. The van der Waals surface area contributed by atoms with E-state index in [0.29, 0.717) is 12.0 Å². The van der Waals surface area contributed by atoms with Gasteiger partial charge in [0.05, 0.1) is 11.0 Å². The summed E-state index contributed by atoms with van der Waals surface area (Å²) in [6, 6.07) is 13.0. The second-order valence-electron chi connectivity index (χ2n) is 14.3. The Morgan fingerprint density at radius 2 is 1.49 bits per heavy atom. The molecule has 0 fully saturated rings. The van der Waals surface area contributed by atoms with Crippen molar-refractivity contribution in [1.29, 1.82) is 0 Å². The second kappa shape index (κ2) is 8.46. The second-order valence-corrected chi connectivity index (χ2v) is 14.3. The van der Waals surface area contributed by atoms with Crippen molar-refractivity contribution in [1.82, 2.24) is 0 Å². The minimum atomic E-state index is -0.885. The molecule has 3 nitrogen and oxygen atoms in total. The zero-order valence-corrected chi connectivity index (χ0v) is 25.3. The van der Waals surface area contributed by atoms with Crippen molar-refractivity contribution in [2.45, 2.75) is 93.9 Å². The van der Waals surface area contributed by atoms with Crippen LogP contribution in [0.2, 0.25) is 0 Å². The third kappa shape index (κ3) is 3.72. The molecule has 0 spiro atoms. The molecule has 39 heavy (non-hydrogen) atoms. The predicted molar refractivity (Wildman–Crippen MR) is 158 cm³/mol. The number of Topliss-reactive ketones (excluding diaryl/α,β-unsaturated/α-hetero) is 3. The summed E-state index contributed by atoms with van der Waals surface area (Å²) in [6.07, 6.45) is 2.15. The smallest absolute Gasteiger partial charge is 0.190 e. The Morgan fingerprint density at radius 3 is 2.05 bits per heavy atom. The van der Waals surface area contributed by atoms with E-state index >= 15 is 0 Å². The van der Waals surface area contributed by atoms with Crippen molar-refractivity contribution in [3.63, 3.8) is 0 Å². The molecule has 2 aromatic rings. The van der Waals surface area contributed by atoms with E-state index in [1.165, 1.54) is 12.5 Å². The minimum absolute atomic E-state index is 0.0497. The van der Waals surface area contributed by atoms with Gasteiger partial charge in [-0.15, -0.1) is 0 Å². The molecular weight excluding hydrogens is 480 g/mol. The molecule has 0 radical (unpaired) electrons. The molecule has 5 rings (SSSR count). The van der Waals surface area contributed by atoms with Crippen LogP contribution in [0.5, 0.6) is 0 Å². The number of carbonyl (C=O) groups excluding carboxylic acids is 3. The van der Waals surface area contributed by atoms with E-state index in [2.05, 4.69) is 71.0 Å². The van der Waals surface area contributed by atoms with Gasteiger partial charge in [-0.25, -0.2) is 0 Å². The molecule has 3 aliphatic carbocycles. The van der Waals surface area contributed by atoms with E-state index in [-0.39, 0.29) is 28.2 Å². The van der Waals surface area contributed by atoms with Gasteiger partial charge in [-0.05, 0) is 92.5 Å². The molecule has 0 N–H and O–H groups in total. The Morgan fingerprint density at radius 1 is 0.872 bits per heavy atom. The van der Waals surface area contributed by atoms with Gasteiger partial charge < -0.3 is 0 Å². The molecule has 0 aliphatic heterocycles. The Kier molecular flexibility index (Phi) is 5.97. The van der Waals surface area contributed by atoms with E-state index in [1.54, 1.807) is 0 Å². The number of hydrogen-bond donors (Lipinski definition) is 0. The molecule has 0 saturated heterocycles. The van der Waals surface area contributed by atoms with Crippen LogP contribution in [0.1, 0.15) is 102 Å². The molecule has 3 heteroatoms. The Bertz CT molecular complexity index is 1520. The van der Waals surface area contributed by atoms with Gasteiger partial charge in [0.2, 0.25) is 0 Å². The number of benzene rings is 2. The average Bonchev–Trinajstić information content (AvgIpc) is 2.80. The summed E-state index contributed by atoms with van der Waals surface area (Å²) in [4.78, 5) is 41.1. The highest BCUT2D eigenvalue weighted by Crippen LogP contribution is 2.66. The molecule has 3 atom stereocenters. The molecule has 3 aliphatic rings. The van der Waals surface area contributed by atoms with Crippen LogP contribution >= 0.6 is 0 Å². The summed E-state index contributed by atoms with van der Waals surface area (Å²) in [6.45, 7) is 20.5. The number of hydrogen-bond acceptors (Lipinski definition) is 3. The number of ketones is 3. The van der Waals surface area contributed by atoms with Crippen LogP contribution in [0.4, 0.5) is 0 Å². The first kappa shape index (κ1) is 27.5. The van der Waals surface area contributed by atoms with E-state index in [9.17, 15) is 14.4 Å². The fourth-order valence-corrected chi connectivity index (χ4v) is 8.34. The standard InChI is InChI=1S/C36H42O3/c1-20-11-16-26(24-12-14-25(15-13-24)33(5,6)7)27-18-34(8)19-35(9)17-21(2)28(23(4)37)32(39)36(35,10)22(3)30(34)31(38)29(20)27/h11-16H,17-19H2,1-10H3. The summed E-state index contributed by atoms with van der Waals surface area (Å²) < 4.78 is 0. The Balaban J connectivity index is 1.72. The van der Waals surface area contributed by atoms with E-state index < -0.39 is 10.8 Å². The molecule has 0 bridgehead atoms. The SMILES string of the molecule is CC(=O)C1=C(C)CC2(C)CC3(C)Cc4c(-c5ccc(C(C)(C)C)cc5)ccc(C)c4C(=O)C3=C(C)C2(C)C1=O. The number of carbonyl (C=O) groups is 3. The number of rotatable bonds is 2. The van der Waals surface area contributed by atoms with Crippen LogP contribution in [0.25, 0.3) is 11.1 Å². The molecule has 3 unspecified atom stereocenters. The van der Waals surface area contributed by atoms with Gasteiger partial charge in [0, 0.05) is 16.6 Å². The zero-order valence-electron chi connectivity index (χ0n) is 25.3. The first-order valence-corrected chi connectivity index (χ1v) is 14.2. The Hall–Kier alpha value is -3.07. The van der Waals surface area contributed by atoms with Crippen LogP contribution in [0.3, 0.4) is 0 Å². The lowest BCUT2D eigenvalue weighted by molar-refractivity contribution is -0.134. The number of allylic oxidation sites excluding steroid dienone is 4. The third-order valence-electron chi connectivity index (χ3n) is 10.4. The summed E-state index contributed by atoms with van der Waals surface area (Å²) in [5.74, 6) is -0.241. The first-order chi connectivity index (χ1) is 18.0. The van der Waals surface area contributed by atoms with Crippen LogP contribution < -0.4 is 0 Å². The Labute approximate surface area is 233 Å². The largest absolute Gasteiger partial charge is 0.294 e. The molecular formula is C36H42O3. The lowest BCUT2D eigenvalue weighted by Crippen LogP contribution is -2.57. The summed E-state index contributed by atoms with van der Waals surface area (Å²) >= 11 is 0. The van der Waals surface area contributed by atoms with Crippen molar-refractivity contribution in [2.75, 3.05) is 0 Å². The van der Waals surface area contributed by atoms with Gasteiger partial charge >= 0.3 is 0 Å². The number of fused-ring (bicyclic) bond motifs is 3. The monoisotopic (exact) mass is 522 g/mol. The predicted octanol–water partition coefficient (Wildman–Crippen LogP) is 8.32. The van der Waals surface area contributed by atoms with Gasteiger partial charge in [0.25, 0.3) is 0 Å². The lowest BCUT2D eigenvalue weighted by atomic mass is 9.42. The van der Waals surface area contributed by atoms with Crippen LogP contribution in [0, 0.1) is 23.2 Å². The lowest BCUT2D eigenvalue weighted by Gasteiger charge is -2.59. The van der Waals surface area contributed by atoms with E-state index in [0.717, 1.165) is 57.4 Å². The zero-order chi connectivity index (χ0) is 28.9. The summed E-state index contributed by atoms with van der Waals surface area (Å²) in [5.41, 5.74) is 7.67. The van der Waals surface area contributed by atoms with Crippen molar-refractivity contribution >= 4 is 17.3 Å². The van der Waals surface area contributed by atoms with Crippen LogP contribution in [-0.4, -0.2) is 17.3 Å². The van der Waals surface area contributed by atoms with Gasteiger partial charge in [0.1, 0.15) is 0 Å². The maximum Gasteiger partial charge on any atom is 0.190 e. The molecule has 0 aromatic heterocycles.